The van der Waals surface area contributed by atoms with Crippen molar-refractivity contribution in [2.24, 2.45) is 5.92 Å². The van der Waals surface area contributed by atoms with Gasteiger partial charge in [-0.25, -0.2) is 0 Å². The molecule has 1 aromatic rings. The number of hydrogen-bond acceptors (Lipinski definition) is 2. The van der Waals surface area contributed by atoms with Gasteiger partial charge in [-0.05, 0) is 44.2 Å². The summed E-state index contributed by atoms with van der Waals surface area (Å²) < 4.78 is 0. The summed E-state index contributed by atoms with van der Waals surface area (Å²) in [4.78, 5) is 12.5. The van der Waals surface area contributed by atoms with E-state index in [2.05, 4.69) is 31.3 Å². The van der Waals surface area contributed by atoms with Gasteiger partial charge >= 0.3 is 0 Å². The molecule has 0 radical (unpaired) electrons. The molecule has 2 heteroatoms. The lowest BCUT2D eigenvalue weighted by molar-refractivity contribution is 0.0881. The number of carbonyl (C=O) groups excluding carboxylic acids is 1. The monoisotopic (exact) mass is 259 g/mol. The van der Waals surface area contributed by atoms with Crippen LogP contribution in [0.15, 0.2) is 24.3 Å². The summed E-state index contributed by atoms with van der Waals surface area (Å²) in [6, 6.07) is 8.80. The zero-order valence-electron chi connectivity index (χ0n) is 12.3. The average molecular weight is 259 g/mol. The van der Waals surface area contributed by atoms with E-state index in [1.165, 1.54) is 5.56 Å². The molecule has 1 aromatic carbocycles. The van der Waals surface area contributed by atoms with Crippen molar-refractivity contribution in [3.05, 3.63) is 35.4 Å². The summed E-state index contributed by atoms with van der Waals surface area (Å²) in [6.45, 7) is 4.35. The van der Waals surface area contributed by atoms with E-state index in [9.17, 15) is 4.79 Å². The standard InChI is InChI=1S/C17H25NO/c1-12(2)13-4-6-14(7-5-13)17(19)15-8-10-16(18-3)11-9-15/h4-7,12,15-16,18H,8-11H2,1-3H3. The molecule has 19 heavy (non-hydrogen) atoms. The normalized spacial score (nSPS) is 23.6. The summed E-state index contributed by atoms with van der Waals surface area (Å²) in [7, 11) is 2.01. The van der Waals surface area contributed by atoms with Gasteiger partial charge in [0, 0.05) is 17.5 Å². The third-order valence-corrected chi connectivity index (χ3v) is 4.37. The summed E-state index contributed by atoms with van der Waals surface area (Å²) in [5, 5.41) is 3.31. The number of ketones is 1. The maximum atomic E-state index is 12.5. The SMILES string of the molecule is CNC1CCC(C(=O)c2ccc(C(C)C)cc2)CC1. The van der Waals surface area contributed by atoms with Crippen molar-refractivity contribution in [2.45, 2.75) is 51.5 Å². The van der Waals surface area contributed by atoms with Gasteiger partial charge < -0.3 is 5.32 Å². The molecule has 1 aliphatic rings. The van der Waals surface area contributed by atoms with Gasteiger partial charge in [-0.3, -0.25) is 4.79 Å². The first-order valence-corrected chi connectivity index (χ1v) is 7.43. The van der Waals surface area contributed by atoms with Crippen molar-refractivity contribution < 1.29 is 4.79 Å². The first-order valence-electron chi connectivity index (χ1n) is 7.43. The molecule has 0 amide bonds. The Morgan fingerprint density at radius 2 is 1.68 bits per heavy atom. The van der Waals surface area contributed by atoms with Gasteiger partial charge in [0.25, 0.3) is 0 Å². The van der Waals surface area contributed by atoms with E-state index in [4.69, 9.17) is 0 Å². The number of rotatable bonds is 4. The topological polar surface area (TPSA) is 29.1 Å². The van der Waals surface area contributed by atoms with E-state index < -0.39 is 0 Å². The minimum absolute atomic E-state index is 0.231. The first kappa shape index (κ1) is 14.3. The predicted octanol–water partition coefficient (Wildman–Crippen LogP) is 3.77. The Hall–Kier alpha value is -1.15. The van der Waals surface area contributed by atoms with Crippen LogP contribution < -0.4 is 5.32 Å². The zero-order valence-corrected chi connectivity index (χ0v) is 12.3. The number of carbonyl (C=O) groups is 1. The van der Waals surface area contributed by atoms with Gasteiger partial charge in [-0.2, -0.15) is 0 Å². The highest BCUT2D eigenvalue weighted by molar-refractivity contribution is 5.97. The smallest absolute Gasteiger partial charge is 0.165 e. The van der Waals surface area contributed by atoms with Crippen molar-refractivity contribution in [2.75, 3.05) is 7.05 Å². The van der Waals surface area contributed by atoms with Crippen molar-refractivity contribution in [1.82, 2.24) is 5.32 Å². The number of hydrogen-bond donors (Lipinski definition) is 1. The zero-order chi connectivity index (χ0) is 13.8. The van der Waals surface area contributed by atoms with Crippen LogP contribution in [0.2, 0.25) is 0 Å². The summed E-state index contributed by atoms with van der Waals surface area (Å²) in [5.74, 6) is 1.09. The molecular weight excluding hydrogens is 234 g/mol. The molecule has 104 valence electrons. The molecule has 2 rings (SSSR count). The molecule has 0 unspecified atom stereocenters. The molecule has 1 fully saturated rings. The van der Waals surface area contributed by atoms with Crippen LogP contribution >= 0.6 is 0 Å². The van der Waals surface area contributed by atoms with Gasteiger partial charge in [0.05, 0.1) is 0 Å². The first-order chi connectivity index (χ1) is 9.11. The van der Waals surface area contributed by atoms with Crippen molar-refractivity contribution in [1.29, 1.82) is 0 Å². The lowest BCUT2D eigenvalue weighted by atomic mass is 9.81. The van der Waals surface area contributed by atoms with Gasteiger partial charge in [0.2, 0.25) is 0 Å². The molecule has 1 saturated carbocycles. The largest absolute Gasteiger partial charge is 0.317 e. The highest BCUT2D eigenvalue weighted by Crippen LogP contribution is 2.27. The lowest BCUT2D eigenvalue weighted by Gasteiger charge is -2.27. The molecule has 0 aromatic heterocycles. The Balaban J connectivity index is 2.00. The quantitative estimate of drug-likeness (QED) is 0.834. The van der Waals surface area contributed by atoms with Crippen LogP contribution in [0.4, 0.5) is 0 Å². The van der Waals surface area contributed by atoms with Crippen molar-refractivity contribution in [3.8, 4) is 0 Å². The lowest BCUT2D eigenvalue weighted by Crippen LogP contribution is -2.32. The third-order valence-electron chi connectivity index (χ3n) is 4.37. The molecule has 0 saturated heterocycles. The number of benzene rings is 1. The fourth-order valence-electron chi connectivity index (χ4n) is 2.91. The van der Waals surface area contributed by atoms with Crippen LogP contribution in [0.5, 0.6) is 0 Å². The van der Waals surface area contributed by atoms with Crippen LogP contribution in [0.3, 0.4) is 0 Å². The Kier molecular flexibility index (Phi) is 4.76. The Labute approximate surface area is 116 Å². The number of Topliss-reactive ketones (excluding diaryl/α,β-unsaturated/α-hetero) is 1. The maximum Gasteiger partial charge on any atom is 0.165 e. The van der Waals surface area contributed by atoms with E-state index in [1.807, 2.05) is 19.2 Å². The fourth-order valence-corrected chi connectivity index (χ4v) is 2.91. The molecule has 0 bridgehead atoms. The molecule has 1 aliphatic carbocycles. The summed E-state index contributed by atoms with van der Waals surface area (Å²) >= 11 is 0. The van der Waals surface area contributed by atoms with Crippen LogP contribution in [0, 0.1) is 5.92 Å². The van der Waals surface area contributed by atoms with Crippen LogP contribution in [-0.2, 0) is 0 Å². The second kappa shape index (κ2) is 6.33. The third kappa shape index (κ3) is 3.44. The fraction of sp³-hybridized carbons (Fsp3) is 0.588. The van der Waals surface area contributed by atoms with Crippen molar-refractivity contribution in [3.63, 3.8) is 0 Å². The van der Waals surface area contributed by atoms with Crippen molar-refractivity contribution >= 4 is 5.78 Å². The molecular formula is C17H25NO. The molecule has 1 N–H and O–H groups in total. The average Bonchev–Trinajstić information content (AvgIpc) is 2.46. The summed E-state index contributed by atoms with van der Waals surface area (Å²) in [6.07, 6.45) is 4.29. The second-order valence-electron chi connectivity index (χ2n) is 5.98. The van der Waals surface area contributed by atoms with Gasteiger partial charge in [-0.15, -0.1) is 0 Å². The van der Waals surface area contributed by atoms with E-state index in [0.29, 0.717) is 17.7 Å². The van der Waals surface area contributed by atoms with Crippen LogP contribution in [0.1, 0.15) is 61.4 Å². The maximum absolute atomic E-state index is 12.5. The molecule has 0 atom stereocenters. The Bertz CT molecular complexity index is 413. The van der Waals surface area contributed by atoms with E-state index in [-0.39, 0.29) is 5.92 Å². The Morgan fingerprint density at radius 3 is 2.16 bits per heavy atom. The van der Waals surface area contributed by atoms with Gasteiger partial charge in [0.1, 0.15) is 0 Å². The number of nitrogens with one attached hydrogen (secondary N) is 1. The minimum Gasteiger partial charge on any atom is -0.317 e. The summed E-state index contributed by atoms with van der Waals surface area (Å²) in [5.41, 5.74) is 2.19. The van der Waals surface area contributed by atoms with E-state index >= 15 is 0 Å². The van der Waals surface area contributed by atoms with E-state index in [1.54, 1.807) is 0 Å². The van der Waals surface area contributed by atoms with Gasteiger partial charge in [-0.1, -0.05) is 38.1 Å². The molecule has 0 spiro atoms. The highest BCUT2D eigenvalue weighted by Gasteiger charge is 2.26. The van der Waals surface area contributed by atoms with Crippen LogP contribution in [0.25, 0.3) is 0 Å². The predicted molar refractivity (Wildman–Crippen MR) is 79.7 cm³/mol. The highest BCUT2D eigenvalue weighted by atomic mass is 16.1. The van der Waals surface area contributed by atoms with Gasteiger partial charge in [0.15, 0.2) is 5.78 Å². The second-order valence-corrected chi connectivity index (χ2v) is 5.98. The van der Waals surface area contributed by atoms with E-state index in [0.717, 1.165) is 31.2 Å². The Morgan fingerprint density at radius 1 is 1.11 bits per heavy atom. The molecule has 0 heterocycles. The van der Waals surface area contributed by atoms with Crippen LogP contribution in [-0.4, -0.2) is 18.9 Å². The molecule has 2 nitrogen and oxygen atoms in total. The molecule has 0 aliphatic heterocycles. The minimum atomic E-state index is 0.231.